The van der Waals surface area contributed by atoms with Gasteiger partial charge in [0.05, 0.1) is 12.1 Å². The first-order valence-electron chi connectivity index (χ1n) is 10.2. The maximum atomic E-state index is 11.6. The van der Waals surface area contributed by atoms with Crippen LogP contribution in [0.3, 0.4) is 0 Å². The van der Waals surface area contributed by atoms with Gasteiger partial charge in [-0.15, -0.1) is 0 Å². The number of benzene rings is 1. The van der Waals surface area contributed by atoms with Gasteiger partial charge in [-0.3, -0.25) is 4.79 Å². The molecule has 3 heterocycles. The van der Waals surface area contributed by atoms with E-state index in [1.54, 1.807) is 12.4 Å². The molecule has 1 amide bonds. The lowest BCUT2D eigenvalue weighted by atomic mass is 10.1. The first kappa shape index (κ1) is 19.9. The van der Waals surface area contributed by atoms with E-state index in [4.69, 9.17) is 20.2 Å². The SMILES string of the molecule is CCCC(Oc1ccc2c(c1)OCCn1cc(-c3ncnn3C(C)C)nc1-2)C(N)=O. The molecular weight excluding hydrogens is 384 g/mol. The summed E-state index contributed by atoms with van der Waals surface area (Å²) in [5.74, 6) is 2.26. The lowest BCUT2D eigenvalue weighted by molar-refractivity contribution is -0.125. The number of carbonyl (C=O) groups excluding carboxylic acids is 1. The van der Waals surface area contributed by atoms with Gasteiger partial charge in [-0.25, -0.2) is 14.6 Å². The standard InChI is InChI=1S/C21H26N6O3/c1-4-5-17(19(22)28)30-14-6-7-15-18(10-14)29-9-8-26-11-16(25-20(15)26)21-23-12-24-27(21)13(2)3/h6-7,10-13,17H,4-5,8-9H2,1-3H3,(H2,22,28). The third kappa shape index (κ3) is 3.74. The van der Waals surface area contributed by atoms with Crippen molar-refractivity contribution in [1.82, 2.24) is 24.3 Å². The number of nitrogens with zero attached hydrogens (tertiary/aromatic N) is 5. The van der Waals surface area contributed by atoms with Crippen LogP contribution in [0.15, 0.2) is 30.7 Å². The van der Waals surface area contributed by atoms with Crippen LogP contribution in [-0.4, -0.2) is 42.9 Å². The Morgan fingerprint density at radius 1 is 1.33 bits per heavy atom. The van der Waals surface area contributed by atoms with Crippen molar-refractivity contribution in [3.63, 3.8) is 0 Å². The number of amides is 1. The second-order valence-electron chi connectivity index (χ2n) is 7.57. The minimum Gasteiger partial charge on any atom is -0.491 e. The second-order valence-corrected chi connectivity index (χ2v) is 7.57. The van der Waals surface area contributed by atoms with Gasteiger partial charge in [0.25, 0.3) is 5.91 Å². The van der Waals surface area contributed by atoms with E-state index in [-0.39, 0.29) is 6.04 Å². The van der Waals surface area contributed by atoms with Crippen molar-refractivity contribution < 1.29 is 14.3 Å². The van der Waals surface area contributed by atoms with Crippen LogP contribution in [0.2, 0.25) is 0 Å². The van der Waals surface area contributed by atoms with E-state index < -0.39 is 12.0 Å². The predicted molar refractivity (Wildman–Crippen MR) is 111 cm³/mol. The molecule has 0 radical (unpaired) electrons. The van der Waals surface area contributed by atoms with Crippen LogP contribution in [0.5, 0.6) is 11.5 Å². The van der Waals surface area contributed by atoms with Crippen LogP contribution in [0.4, 0.5) is 0 Å². The van der Waals surface area contributed by atoms with Gasteiger partial charge in [0.15, 0.2) is 11.9 Å². The Morgan fingerprint density at radius 3 is 2.90 bits per heavy atom. The zero-order valence-corrected chi connectivity index (χ0v) is 17.4. The third-order valence-electron chi connectivity index (χ3n) is 5.00. The van der Waals surface area contributed by atoms with E-state index >= 15 is 0 Å². The summed E-state index contributed by atoms with van der Waals surface area (Å²) in [4.78, 5) is 20.9. The van der Waals surface area contributed by atoms with Gasteiger partial charge in [0.1, 0.15) is 36.0 Å². The van der Waals surface area contributed by atoms with Gasteiger partial charge in [-0.1, -0.05) is 13.3 Å². The number of carbonyl (C=O) groups is 1. The molecule has 0 spiro atoms. The Balaban J connectivity index is 1.68. The maximum Gasteiger partial charge on any atom is 0.258 e. The maximum absolute atomic E-state index is 11.6. The monoisotopic (exact) mass is 410 g/mol. The van der Waals surface area contributed by atoms with E-state index in [9.17, 15) is 4.79 Å². The molecule has 0 saturated carbocycles. The largest absolute Gasteiger partial charge is 0.491 e. The minimum absolute atomic E-state index is 0.181. The molecule has 30 heavy (non-hydrogen) atoms. The summed E-state index contributed by atoms with van der Waals surface area (Å²) < 4.78 is 15.7. The van der Waals surface area contributed by atoms with E-state index in [2.05, 4.69) is 28.5 Å². The highest BCUT2D eigenvalue weighted by Gasteiger charge is 2.23. The Labute approximate surface area is 174 Å². The summed E-state index contributed by atoms with van der Waals surface area (Å²) >= 11 is 0. The fourth-order valence-electron chi connectivity index (χ4n) is 3.54. The normalized spacial score (nSPS) is 13.9. The van der Waals surface area contributed by atoms with Crippen LogP contribution in [0.25, 0.3) is 22.9 Å². The lowest BCUT2D eigenvalue weighted by Gasteiger charge is -2.16. The number of primary amides is 1. The summed E-state index contributed by atoms with van der Waals surface area (Å²) in [6.45, 7) is 7.24. The van der Waals surface area contributed by atoms with Crippen molar-refractivity contribution in [2.45, 2.75) is 52.3 Å². The average Bonchev–Trinajstić information content (AvgIpc) is 3.32. The third-order valence-corrected chi connectivity index (χ3v) is 5.00. The van der Waals surface area contributed by atoms with Gasteiger partial charge in [0.2, 0.25) is 0 Å². The van der Waals surface area contributed by atoms with Gasteiger partial charge in [-0.2, -0.15) is 5.10 Å². The number of hydrogen-bond donors (Lipinski definition) is 1. The summed E-state index contributed by atoms with van der Waals surface area (Å²) in [6, 6.07) is 5.69. The Bertz CT molecular complexity index is 1050. The molecule has 0 fully saturated rings. The molecule has 4 rings (SSSR count). The highest BCUT2D eigenvalue weighted by Crippen LogP contribution is 2.36. The fourth-order valence-corrected chi connectivity index (χ4v) is 3.54. The molecular formula is C21H26N6O3. The van der Waals surface area contributed by atoms with Crippen molar-refractivity contribution in [3.05, 3.63) is 30.7 Å². The van der Waals surface area contributed by atoms with Crippen LogP contribution < -0.4 is 15.2 Å². The van der Waals surface area contributed by atoms with Crippen molar-refractivity contribution in [2.75, 3.05) is 6.61 Å². The molecule has 3 aromatic rings. The quantitative estimate of drug-likeness (QED) is 0.641. The molecule has 0 aliphatic carbocycles. The second kappa shape index (κ2) is 8.17. The van der Waals surface area contributed by atoms with Crippen molar-refractivity contribution in [3.8, 4) is 34.4 Å². The first-order valence-corrected chi connectivity index (χ1v) is 10.2. The number of imidazole rings is 1. The van der Waals surface area contributed by atoms with Gasteiger partial charge < -0.3 is 19.8 Å². The molecule has 1 atom stereocenters. The van der Waals surface area contributed by atoms with Crippen molar-refractivity contribution in [2.24, 2.45) is 5.73 Å². The minimum atomic E-state index is -0.658. The van der Waals surface area contributed by atoms with E-state index in [1.807, 2.05) is 29.9 Å². The fraction of sp³-hybridized carbons (Fsp3) is 0.429. The summed E-state index contributed by atoms with van der Waals surface area (Å²) in [6.07, 6.45) is 4.24. The first-order chi connectivity index (χ1) is 14.5. The molecule has 1 aliphatic heterocycles. The number of nitrogens with two attached hydrogens (primary N) is 1. The van der Waals surface area contributed by atoms with Crippen molar-refractivity contribution in [1.29, 1.82) is 0 Å². The van der Waals surface area contributed by atoms with Gasteiger partial charge in [0, 0.05) is 18.3 Å². The molecule has 1 aromatic carbocycles. The number of hydrogen-bond acceptors (Lipinski definition) is 6. The molecule has 1 aliphatic rings. The molecule has 2 N–H and O–H groups in total. The highest BCUT2D eigenvalue weighted by molar-refractivity contribution is 5.79. The number of rotatable bonds is 7. The zero-order valence-electron chi connectivity index (χ0n) is 17.4. The Hall–Kier alpha value is -3.36. The summed E-state index contributed by atoms with van der Waals surface area (Å²) in [5, 5.41) is 4.31. The molecule has 0 bridgehead atoms. The smallest absolute Gasteiger partial charge is 0.258 e. The lowest BCUT2D eigenvalue weighted by Crippen LogP contribution is -2.33. The van der Waals surface area contributed by atoms with E-state index in [1.165, 1.54) is 0 Å². The van der Waals surface area contributed by atoms with E-state index in [0.29, 0.717) is 31.1 Å². The van der Waals surface area contributed by atoms with Gasteiger partial charge in [-0.05, 0) is 32.4 Å². The molecule has 0 saturated heterocycles. The topological polar surface area (TPSA) is 110 Å². The Morgan fingerprint density at radius 2 is 2.17 bits per heavy atom. The summed E-state index contributed by atoms with van der Waals surface area (Å²) in [5.41, 5.74) is 7.08. The highest BCUT2D eigenvalue weighted by atomic mass is 16.5. The molecule has 9 heteroatoms. The van der Waals surface area contributed by atoms with Crippen LogP contribution >= 0.6 is 0 Å². The Kier molecular flexibility index (Phi) is 5.43. The average molecular weight is 410 g/mol. The number of ether oxygens (including phenoxy) is 2. The summed E-state index contributed by atoms with van der Waals surface area (Å²) in [7, 11) is 0. The molecule has 1 unspecified atom stereocenters. The van der Waals surface area contributed by atoms with E-state index in [0.717, 1.165) is 29.3 Å². The van der Waals surface area contributed by atoms with Crippen molar-refractivity contribution >= 4 is 5.91 Å². The predicted octanol–water partition coefficient (Wildman–Crippen LogP) is 2.81. The van der Waals surface area contributed by atoms with Crippen LogP contribution in [-0.2, 0) is 11.3 Å². The molecule has 9 nitrogen and oxygen atoms in total. The van der Waals surface area contributed by atoms with Crippen LogP contribution in [0.1, 0.15) is 39.7 Å². The zero-order chi connectivity index (χ0) is 21.3. The molecule has 2 aromatic heterocycles. The number of aromatic nitrogens is 5. The van der Waals surface area contributed by atoms with Gasteiger partial charge >= 0.3 is 0 Å². The van der Waals surface area contributed by atoms with Crippen LogP contribution in [0, 0.1) is 0 Å². The number of fused-ring (bicyclic) bond motifs is 3. The molecule has 158 valence electrons.